The van der Waals surface area contributed by atoms with E-state index in [4.69, 9.17) is 4.74 Å². The van der Waals surface area contributed by atoms with Crippen LogP contribution in [-0.2, 0) is 22.3 Å². The van der Waals surface area contributed by atoms with Crippen molar-refractivity contribution in [2.45, 2.75) is 75.7 Å². The van der Waals surface area contributed by atoms with E-state index in [-0.39, 0.29) is 36.2 Å². The highest BCUT2D eigenvalue weighted by Gasteiger charge is 2.39. The van der Waals surface area contributed by atoms with Crippen LogP contribution in [0.4, 0.5) is 13.2 Å². The van der Waals surface area contributed by atoms with E-state index in [1.165, 1.54) is 25.5 Å². The Morgan fingerprint density at radius 2 is 1.74 bits per heavy atom. The molecule has 1 aromatic carbocycles. The number of imide groups is 1. The molecule has 208 valence electrons. The van der Waals surface area contributed by atoms with E-state index in [0.717, 1.165) is 43.3 Å². The first kappa shape index (κ1) is 27.1. The van der Waals surface area contributed by atoms with E-state index in [1.807, 2.05) is 12.1 Å². The molecule has 2 N–H and O–H groups in total. The van der Waals surface area contributed by atoms with Gasteiger partial charge >= 0.3 is 6.18 Å². The van der Waals surface area contributed by atoms with Crippen LogP contribution in [0.15, 0.2) is 36.5 Å². The number of benzene rings is 1. The number of carbonyl (C=O) groups is 3. The molecule has 3 fully saturated rings. The maximum Gasteiger partial charge on any atom is 0.433 e. The summed E-state index contributed by atoms with van der Waals surface area (Å²) in [5.41, 5.74) is 1.43. The number of aromatic nitrogens is 1. The minimum atomic E-state index is -4.34. The number of carbonyl (C=O) groups excluding carboxylic acids is 3. The molecule has 39 heavy (non-hydrogen) atoms. The Hall–Kier alpha value is -3.47. The topological polar surface area (TPSA) is 101 Å². The van der Waals surface area contributed by atoms with Crippen LogP contribution in [0.3, 0.4) is 0 Å². The van der Waals surface area contributed by atoms with Crippen LogP contribution < -0.4 is 15.4 Å². The standard InChI is InChI=1S/C19H22N2O4.C9H9F3N2/c22-17-9-8-16(18(23)20-17)21-11-12-10-14(6-7-15(12)19(21)24)25-13-4-2-1-3-5-13;10-9(11,12)8-3-6(1-2-14-8)7-4-13-5-7/h6-7,10,13,16H,1-5,8-9,11H2,(H,20,22,23);1-3,7,13H,4-5H2. The Labute approximate surface area is 224 Å². The Morgan fingerprint density at radius 1 is 0.974 bits per heavy atom. The van der Waals surface area contributed by atoms with Crippen molar-refractivity contribution in [3.63, 3.8) is 0 Å². The molecule has 1 unspecified atom stereocenters. The lowest BCUT2D eigenvalue weighted by atomic mass is 9.94. The van der Waals surface area contributed by atoms with Gasteiger partial charge in [-0.1, -0.05) is 6.42 Å². The third-order valence-corrected chi connectivity index (χ3v) is 7.68. The van der Waals surface area contributed by atoms with Crippen molar-refractivity contribution in [1.29, 1.82) is 0 Å². The minimum Gasteiger partial charge on any atom is -0.490 e. The number of amides is 3. The van der Waals surface area contributed by atoms with Crippen LogP contribution in [0.1, 0.15) is 78.0 Å². The van der Waals surface area contributed by atoms with Crippen molar-refractivity contribution in [2.75, 3.05) is 13.1 Å². The molecular weight excluding hydrogens is 513 g/mol. The summed E-state index contributed by atoms with van der Waals surface area (Å²) in [4.78, 5) is 40.9. The van der Waals surface area contributed by atoms with Gasteiger partial charge in [0.2, 0.25) is 11.8 Å². The van der Waals surface area contributed by atoms with Gasteiger partial charge in [0.1, 0.15) is 17.5 Å². The third-order valence-electron chi connectivity index (χ3n) is 7.68. The molecule has 4 heterocycles. The summed E-state index contributed by atoms with van der Waals surface area (Å²) in [7, 11) is 0. The Bertz CT molecular complexity index is 1240. The number of nitrogens with one attached hydrogen (secondary N) is 2. The second-order valence-corrected chi connectivity index (χ2v) is 10.4. The molecule has 3 amide bonds. The maximum atomic E-state index is 12.6. The molecule has 0 radical (unpaired) electrons. The quantitative estimate of drug-likeness (QED) is 0.566. The molecule has 0 spiro atoms. The normalized spacial score (nSPS) is 22.0. The summed E-state index contributed by atoms with van der Waals surface area (Å²) >= 11 is 0. The summed E-state index contributed by atoms with van der Waals surface area (Å²) < 4.78 is 42.9. The van der Waals surface area contributed by atoms with Gasteiger partial charge in [0, 0.05) is 43.7 Å². The first-order chi connectivity index (χ1) is 18.7. The first-order valence-corrected chi connectivity index (χ1v) is 13.4. The van der Waals surface area contributed by atoms with Crippen molar-refractivity contribution in [2.24, 2.45) is 0 Å². The van der Waals surface area contributed by atoms with Crippen LogP contribution in [0.2, 0.25) is 0 Å². The number of fused-ring (bicyclic) bond motifs is 1. The fraction of sp³-hybridized carbons (Fsp3) is 0.500. The smallest absolute Gasteiger partial charge is 0.433 e. The summed E-state index contributed by atoms with van der Waals surface area (Å²) in [5, 5.41) is 5.34. The first-order valence-electron chi connectivity index (χ1n) is 13.4. The molecule has 1 aromatic heterocycles. The molecule has 4 aliphatic rings. The van der Waals surface area contributed by atoms with Crippen LogP contribution in [0.25, 0.3) is 0 Å². The van der Waals surface area contributed by atoms with E-state index < -0.39 is 17.9 Å². The third kappa shape index (κ3) is 6.24. The van der Waals surface area contributed by atoms with Gasteiger partial charge < -0.3 is 15.0 Å². The summed E-state index contributed by atoms with van der Waals surface area (Å²) in [6, 6.07) is 7.77. The molecule has 2 aromatic rings. The SMILES string of the molecule is FC(F)(F)c1cc(C2CNC2)ccn1.O=C1CCC(N2Cc3cc(OC4CCCCC4)ccc3C2=O)C(=O)N1. The summed E-state index contributed by atoms with van der Waals surface area (Å²) in [6.45, 7) is 1.89. The minimum absolute atomic E-state index is 0.145. The Kier molecular flexibility index (Phi) is 7.88. The van der Waals surface area contributed by atoms with Gasteiger partial charge in [0.15, 0.2) is 0 Å². The number of halogens is 3. The zero-order valence-electron chi connectivity index (χ0n) is 21.4. The van der Waals surface area contributed by atoms with Gasteiger partial charge in [-0.2, -0.15) is 13.2 Å². The highest BCUT2D eigenvalue weighted by atomic mass is 19.4. The zero-order valence-corrected chi connectivity index (χ0v) is 21.4. The van der Waals surface area contributed by atoms with Crippen LogP contribution in [0, 0.1) is 0 Å². The van der Waals surface area contributed by atoms with E-state index in [2.05, 4.69) is 15.6 Å². The van der Waals surface area contributed by atoms with Gasteiger partial charge in [-0.25, -0.2) is 0 Å². The second-order valence-electron chi connectivity index (χ2n) is 10.4. The molecule has 8 nitrogen and oxygen atoms in total. The molecule has 2 saturated heterocycles. The average Bonchev–Trinajstić information content (AvgIpc) is 3.19. The fourth-order valence-corrected chi connectivity index (χ4v) is 5.38. The van der Waals surface area contributed by atoms with Gasteiger partial charge in [0.25, 0.3) is 5.91 Å². The molecule has 1 saturated carbocycles. The number of pyridine rings is 1. The van der Waals surface area contributed by atoms with Crippen molar-refractivity contribution >= 4 is 17.7 Å². The van der Waals surface area contributed by atoms with Gasteiger partial charge in [-0.15, -0.1) is 0 Å². The number of hydrogen-bond acceptors (Lipinski definition) is 6. The number of piperidine rings is 1. The second kappa shape index (κ2) is 11.3. The molecule has 3 aliphatic heterocycles. The lowest BCUT2D eigenvalue weighted by Gasteiger charge is -2.29. The molecule has 6 rings (SSSR count). The lowest BCUT2D eigenvalue weighted by molar-refractivity contribution is -0.141. The molecule has 0 bridgehead atoms. The van der Waals surface area contributed by atoms with Crippen molar-refractivity contribution in [1.82, 2.24) is 20.5 Å². The van der Waals surface area contributed by atoms with Crippen LogP contribution in [-0.4, -0.2) is 52.8 Å². The maximum absolute atomic E-state index is 12.6. The molecule has 1 atom stereocenters. The predicted molar refractivity (Wildman–Crippen MR) is 135 cm³/mol. The lowest BCUT2D eigenvalue weighted by Crippen LogP contribution is -2.52. The largest absolute Gasteiger partial charge is 0.490 e. The van der Waals surface area contributed by atoms with E-state index >= 15 is 0 Å². The van der Waals surface area contributed by atoms with Crippen molar-refractivity contribution < 1.29 is 32.3 Å². The van der Waals surface area contributed by atoms with Gasteiger partial charge in [0.05, 0.1) is 6.10 Å². The van der Waals surface area contributed by atoms with Crippen LogP contribution in [0.5, 0.6) is 5.75 Å². The summed E-state index contributed by atoms with van der Waals surface area (Å²) in [5.74, 6) is 0.209. The van der Waals surface area contributed by atoms with E-state index in [0.29, 0.717) is 24.1 Å². The summed E-state index contributed by atoms with van der Waals surface area (Å²) in [6.07, 6.45) is 3.65. The number of nitrogens with zero attached hydrogens (tertiary/aromatic N) is 2. The fourth-order valence-electron chi connectivity index (χ4n) is 5.38. The monoisotopic (exact) mass is 544 g/mol. The number of hydrogen-bond donors (Lipinski definition) is 2. The highest BCUT2D eigenvalue weighted by Crippen LogP contribution is 2.32. The molecule has 1 aliphatic carbocycles. The Balaban J connectivity index is 0.000000186. The number of ether oxygens (including phenoxy) is 1. The number of rotatable bonds is 4. The van der Waals surface area contributed by atoms with Crippen molar-refractivity contribution in [3.8, 4) is 5.75 Å². The Morgan fingerprint density at radius 3 is 2.41 bits per heavy atom. The zero-order chi connectivity index (χ0) is 27.6. The molecular formula is C28H31F3N4O4. The highest BCUT2D eigenvalue weighted by molar-refractivity contribution is 6.05. The van der Waals surface area contributed by atoms with Crippen molar-refractivity contribution in [3.05, 3.63) is 58.9 Å². The average molecular weight is 545 g/mol. The van der Waals surface area contributed by atoms with Crippen LogP contribution >= 0.6 is 0 Å². The van der Waals surface area contributed by atoms with E-state index in [1.54, 1.807) is 17.0 Å². The van der Waals surface area contributed by atoms with E-state index in [9.17, 15) is 27.6 Å². The predicted octanol–water partition coefficient (Wildman–Crippen LogP) is 3.95. The van der Waals surface area contributed by atoms with Gasteiger partial charge in [-0.3, -0.25) is 24.7 Å². The van der Waals surface area contributed by atoms with Gasteiger partial charge in [-0.05, 0) is 73.6 Å². The number of alkyl halides is 3. The molecule has 11 heteroatoms.